The Labute approximate surface area is 170 Å². The molecule has 1 aliphatic rings. The standard InChI is InChI=1S/C20H19BrN4OS/c1-13(26)22-16-6-4-7-17(11-16)25-19(14-9-10-14)23-24-20(25)27-12-15-5-2-3-8-18(15)21/h2-8,11,14H,9-10,12H2,1H3,(H,22,26). The molecule has 0 bridgehead atoms. The van der Waals surface area contributed by atoms with E-state index >= 15 is 0 Å². The number of halogens is 1. The molecule has 27 heavy (non-hydrogen) atoms. The first-order chi connectivity index (χ1) is 13.1. The Morgan fingerprint density at radius 3 is 2.78 bits per heavy atom. The summed E-state index contributed by atoms with van der Waals surface area (Å²) in [7, 11) is 0. The summed E-state index contributed by atoms with van der Waals surface area (Å²) in [4.78, 5) is 11.4. The molecule has 4 rings (SSSR count). The lowest BCUT2D eigenvalue weighted by atomic mass is 10.2. The first-order valence-electron chi connectivity index (χ1n) is 8.81. The fourth-order valence-corrected chi connectivity index (χ4v) is 4.48. The van der Waals surface area contributed by atoms with Crippen LogP contribution in [0.15, 0.2) is 58.2 Å². The first kappa shape index (κ1) is 18.3. The number of nitrogens with zero attached hydrogens (tertiary/aromatic N) is 3. The summed E-state index contributed by atoms with van der Waals surface area (Å²) in [5, 5.41) is 12.7. The van der Waals surface area contributed by atoms with Gasteiger partial charge in [0.25, 0.3) is 0 Å². The molecule has 5 nitrogen and oxygen atoms in total. The molecule has 0 saturated heterocycles. The van der Waals surface area contributed by atoms with Crippen molar-refractivity contribution in [2.24, 2.45) is 0 Å². The van der Waals surface area contributed by atoms with Crippen LogP contribution in [0, 0.1) is 0 Å². The van der Waals surface area contributed by atoms with Crippen molar-refractivity contribution in [3.63, 3.8) is 0 Å². The van der Waals surface area contributed by atoms with Crippen LogP contribution in [0.3, 0.4) is 0 Å². The Morgan fingerprint density at radius 2 is 2.04 bits per heavy atom. The first-order valence-corrected chi connectivity index (χ1v) is 10.6. The molecule has 0 atom stereocenters. The molecule has 1 N–H and O–H groups in total. The lowest BCUT2D eigenvalue weighted by molar-refractivity contribution is -0.114. The lowest BCUT2D eigenvalue weighted by Gasteiger charge is -2.12. The normalized spacial score (nSPS) is 13.6. The number of carbonyl (C=O) groups excluding carboxylic acids is 1. The van der Waals surface area contributed by atoms with Gasteiger partial charge in [0.15, 0.2) is 5.16 Å². The van der Waals surface area contributed by atoms with Crippen molar-refractivity contribution in [2.75, 3.05) is 5.32 Å². The molecule has 1 amide bonds. The molecule has 0 radical (unpaired) electrons. The summed E-state index contributed by atoms with van der Waals surface area (Å²) in [5.41, 5.74) is 2.97. The van der Waals surface area contributed by atoms with Gasteiger partial charge in [-0.15, -0.1) is 10.2 Å². The summed E-state index contributed by atoms with van der Waals surface area (Å²) < 4.78 is 3.23. The molecule has 1 saturated carbocycles. The summed E-state index contributed by atoms with van der Waals surface area (Å²) in [6.07, 6.45) is 2.30. The van der Waals surface area contributed by atoms with E-state index in [4.69, 9.17) is 0 Å². The van der Waals surface area contributed by atoms with Crippen LogP contribution in [0.2, 0.25) is 0 Å². The van der Waals surface area contributed by atoms with Crippen molar-refractivity contribution >= 4 is 39.3 Å². The molecule has 0 unspecified atom stereocenters. The van der Waals surface area contributed by atoms with Gasteiger partial charge in [-0.1, -0.05) is 52.0 Å². The van der Waals surface area contributed by atoms with Gasteiger partial charge < -0.3 is 5.32 Å². The van der Waals surface area contributed by atoms with E-state index in [-0.39, 0.29) is 5.91 Å². The van der Waals surface area contributed by atoms with Crippen LogP contribution >= 0.6 is 27.7 Å². The topological polar surface area (TPSA) is 59.8 Å². The van der Waals surface area contributed by atoms with E-state index in [0.717, 1.165) is 45.4 Å². The molecule has 1 heterocycles. The second-order valence-corrected chi connectivity index (χ2v) is 8.36. The zero-order valence-corrected chi connectivity index (χ0v) is 17.3. The van der Waals surface area contributed by atoms with E-state index in [1.807, 2.05) is 42.5 Å². The number of aromatic nitrogens is 3. The molecule has 0 aliphatic heterocycles. The third-order valence-corrected chi connectivity index (χ3v) is 6.09. The largest absolute Gasteiger partial charge is 0.326 e. The number of hydrogen-bond donors (Lipinski definition) is 1. The van der Waals surface area contributed by atoms with Crippen molar-refractivity contribution in [2.45, 2.75) is 36.6 Å². The molecular weight excluding hydrogens is 424 g/mol. The number of hydrogen-bond acceptors (Lipinski definition) is 4. The lowest BCUT2D eigenvalue weighted by Crippen LogP contribution is -2.07. The fraction of sp³-hybridized carbons (Fsp3) is 0.250. The molecule has 138 valence electrons. The number of amides is 1. The highest BCUT2D eigenvalue weighted by atomic mass is 79.9. The van der Waals surface area contributed by atoms with Gasteiger partial charge in [-0.05, 0) is 42.7 Å². The van der Waals surface area contributed by atoms with E-state index in [9.17, 15) is 4.79 Å². The Balaban J connectivity index is 1.66. The highest BCUT2D eigenvalue weighted by Crippen LogP contribution is 2.41. The maximum atomic E-state index is 11.4. The van der Waals surface area contributed by atoms with Crippen LogP contribution in [0.4, 0.5) is 5.69 Å². The number of rotatable bonds is 6. The van der Waals surface area contributed by atoms with Gasteiger partial charge in [-0.25, -0.2) is 0 Å². The summed E-state index contributed by atoms with van der Waals surface area (Å²) in [5.74, 6) is 2.20. The van der Waals surface area contributed by atoms with Crippen LogP contribution < -0.4 is 5.32 Å². The second kappa shape index (κ2) is 7.86. The Bertz CT molecular complexity index is 984. The van der Waals surface area contributed by atoms with Crippen LogP contribution in [0.25, 0.3) is 5.69 Å². The zero-order chi connectivity index (χ0) is 18.8. The van der Waals surface area contributed by atoms with E-state index in [0.29, 0.717) is 5.92 Å². The van der Waals surface area contributed by atoms with E-state index in [1.165, 1.54) is 12.5 Å². The predicted molar refractivity (Wildman–Crippen MR) is 111 cm³/mol. The summed E-state index contributed by atoms with van der Waals surface area (Å²) >= 11 is 5.27. The average molecular weight is 443 g/mol. The molecule has 3 aromatic rings. The Morgan fingerprint density at radius 1 is 1.22 bits per heavy atom. The molecule has 1 aromatic heterocycles. The van der Waals surface area contributed by atoms with Crippen molar-refractivity contribution in [1.82, 2.24) is 14.8 Å². The third kappa shape index (κ3) is 4.25. The molecule has 0 spiro atoms. The molecular formula is C20H19BrN4OS. The van der Waals surface area contributed by atoms with E-state index < -0.39 is 0 Å². The minimum Gasteiger partial charge on any atom is -0.326 e. The van der Waals surface area contributed by atoms with Gasteiger partial charge in [-0.3, -0.25) is 9.36 Å². The van der Waals surface area contributed by atoms with Gasteiger partial charge in [-0.2, -0.15) is 0 Å². The Hall–Kier alpha value is -2.12. The second-order valence-electron chi connectivity index (χ2n) is 6.56. The Kier molecular flexibility index (Phi) is 5.31. The van der Waals surface area contributed by atoms with Crippen molar-refractivity contribution < 1.29 is 4.79 Å². The average Bonchev–Trinajstić information content (AvgIpc) is 3.40. The fourth-order valence-electron chi connectivity index (χ4n) is 2.91. The molecule has 1 fully saturated rings. The van der Waals surface area contributed by atoms with Crippen LogP contribution in [-0.4, -0.2) is 20.7 Å². The predicted octanol–water partition coefficient (Wildman–Crippen LogP) is 5.16. The summed E-state index contributed by atoms with van der Waals surface area (Å²) in [6.45, 7) is 1.51. The summed E-state index contributed by atoms with van der Waals surface area (Å²) in [6, 6.07) is 16.0. The van der Waals surface area contributed by atoms with E-state index in [1.54, 1.807) is 11.8 Å². The van der Waals surface area contributed by atoms with Gasteiger partial charge in [0.1, 0.15) is 5.82 Å². The third-order valence-electron chi connectivity index (χ3n) is 4.34. The smallest absolute Gasteiger partial charge is 0.221 e. The number of thioether (sulfide) groups is 1. The van der Waals surface area contributed by atoms with Gasteiger partial charge in [0.2, 0.25) is 5.91 Å². The van der Waals surface area contributed by atoms with Crippen molar-refractivity contribution in [1.29, 1.82) is 0 Å². The number of anilines is 1. The highest BCUT2D eigenvalue weighted by Gasteiger charge is 2.31. The minimum absolute atomic E-state index is 0.0816. The molecule has 2 aromatic carbocycles. The van der Waals surface area contributed by atoms with E-state index in [2.05, 4.69) is 42.1 Å². The molecule has 1 aliphatic carbocycles. The van der Waals surface area contributed by atoms with Gasteiger partial charge >= 0.3 is 0 Å². The van der Waals surface area contributed by atoms with Crippen molar-refractivity contribution in [3.8, 4) is 5.69 Å². The SMILES string of the molecule is CC(=O)Nc1cccc(-n2c(SCc3ccccc3Br)nnc2C2CC2)c1. The minimum atomic E-state index is -0.0816. The van der Waals surface area contributed by atoms with Crippen LogP contribution in [0.1, 0.15) is 37.1 Å². The number of benzene rings is 2. The van der Waals surface area contributed by atoms with Gasteiger partial charge in [0, 0.05) is 28.8 Å². The van der Waals surface area contributed by atoms with Gasteiger partial charge in [0.05, 0.1) is 5.69 Å². The quantitative estimate of drug-likeness (QED) is 0.535. The van der Waals surface area contributed by atoms with Crippen LogP contribution in [-0.2, 0) is 10.5 Å². The van der Waals surface area contributed by atoms with Crippen LogP contribution in [0.5, 0.6) is 0 Å². The zero-order valence-electron chi connectivity index (χ0n) is 14.9. The number of nitrogens with one attached hydrogen (secondary N) is 1. The van der Waals surface area contributed by atoms with Crippen molar-refractivity contribution in [3.05, 3.63) is 64.4 Å². The highest BCUT2D eigenvalue weighted by molar-refractivity contribution is 9.10. The maximum absolute atomic E-state index is 11.4. The molecule has 7 heteroatoms. The number of carbonyl (C=O) groups is 1. The maximum Gasteiger partial charge on any atom is 0.221 e. The monoisotopic (exact) mass is 442 g/mol.